The number of hydrogen-bond acceptors (Lipinski definition) is 5. The van der Waals surface area contributed by atoms with Crippen LogP contribution in [0, 0.1) is 0 Å². The number of hydrogen-bond donors (Lipinski definition) is 1. The Morgan fingerprint density at radius 1 is 1.10 bits per heavy atom. The highest BCUT2D eigenvalue weighted by Crippen LogP contribution is 2.26. The molecule has 3 rings (SSSR count). The van der Waals surface area contributed by atoms with E-state index in [1.807, 2.05) is 24.3 Å². The molecule has 2 aromatic heterocycles. The number of pyridine rings is 1. The van der Waals surface area contributed by atoms with Crippen molar-refractivity contribution in [3.63, 3.8) is 0 Å². The van der Waals surface area contributed by atoms with Gasteiger partial charge in [-0.2, -0.15) is 0 Å². The molecule has 1 N–H and O–H groups in total. The number of halogens is 1. The molecule has 0 radical (unpaired) electrons. The third-order valence-electron chi connectivity index (χ3n) is 2.72. The molecule has 0 saturated heterocycles. The van der Waals surface area contributed by atoms with E-state index in [1.165, 1.54) is 6.21 Å². The van der Waals surface area contributed by atoms with Crippen LogP contribution in [0.1, 0.15) is 5.69 Å². The van der Waals surface area contributed by atoms with E-state index in [-0.39, 0.29) is 11.6 Å². The van der Waals surface area contributed by atoms with E-state index < -0.39 is 0 Å². The van der Waals surface area contributed by atoms with Gasteiger partial charge in [0.05, 0.1) is 11.9 Å². The van der Waals surface area contributed by atoms with Gasteiger partial charge in [-0.1, -0.05) is 15.9 Å². The smallest absolute Gasteiger partial charge is 0.312 e. The number of benzene rings is 1. The third-order valence-corrected chi connectivity index (χ3v) is 3.25. The summed E-state index contributed by atoms with van der Waals surface area (Å²) in [4.78, 5) is 12.3. The van der Waals surface area contributed by atoms with Gasteiger partial charge in [-0.05, 0) is 36.4 Å². The molecule has 1 aromatic carbocycles. The Bertz CT molecular complexity index is 767. The van der Waals surface area contributed by atoms with Crippen molar-refractivity contribution >= 4 is 27.8 Å². The number of nitrogens with zero attached hydrogens (tertiary/aromatic N) is 3. The first-order chi connectivity index (χ1) is 10.2. The van der Waals surface area contributed by atoms with Gasteiger partial charge in [0.2, 0.25) is 5.89 Å². The van der Waals surface area contributed by atoms with Crippen molar-refractivity contribution in [1.82, 2.24) is 9.97 Å². The fourth-order valence-corrected chi connectivity index (χ4v) is 1.95. The quantitative estimate of drug-likeness (QED) is 0.730. The van der Waals surface area contributed by atoms with E-state index >= 15 is 0 Å². The van der Waals surface area contributed by atoms with Gasteiger partial charge in [0, 0.05) is 22.4 Å². The highest BCUT2D eigenvalue weighted by molar-refractivity contribution is 9.10. The number of aromatic nitrogens is 2. The Balaban J connectivity index is 1.88. The molecular formula is C15H10BrN3O2. The standard InChI is InChI=1S/C15H10BrN3O2/c16-11-3-1-10(2-4-11)14-19-13(15(20)21-14)9-18-12-5-7-17-8-6-12/h1-9,20H. The van der Waals surface area contributed by atoms with Crippen molar-refractivity contribution in [2.75, 3.05) is 0 Å². The summed E-state index contributed by atoms with van der Waals surface area (Å²) >= 11 is 3.36. The van der Waals surface area contributed by atoms with E-state index in [2.05, 4.69) is 30.9 Å². The number of aliphatic imine (C=N–C) groups is 1. The van der Waals surface area contributed by atoms with Crippen LogP contribution in [0.15, 0.2) is 62.7 Å². The second-order valence-corrected chi connectivity index (χ2v) is 5.10. The van der Waals surface area contributed by atoms with Crippen molar-refractivity contribution in [3.05, 3.63) is 59.0 Å². The minimum atomic E-state index is -0.259. The molecule has 0 aliphatic heterocycles. The molecule has 104 valence electrons. The van der Waals surface area contributed by atoms with Crippen molar-refractivity contribution in [3.8, 4) is 17.4 Å². The number of oxazole rings is 1. The maximum Gasteiger partial charge on any atom is 0.312 e. The summed E-state index contributed by atoms with van der Waals surface area (Å²) in [5.41, 5.74) is 1.78. The first-order valence-electron chi connectivity index (χ1n) is 6.12. The van der Waals surface area contributed by atoms with Gasteiger partial charge in [0.1, 0.15) is 0 Å². The predicted octanol–water partition coefficient (Wildman–Crippen LogP) is 3.96. The molecule has 0 amide bonds. The van der Waals surface area contributed by atoms with Gasteiger partial charge in [-0.3, -0.25) is 9.98 Å². The van der Waals surface area contributed by atoms with Gasteiger partial charge in [0.15, 0.2) is 5.69 Å². The lowest BCUT2D eigenvalue weighted by molar-refractivity contribution is 0.337. The van der Waals surface area contributed by atoms with Gasteiger partial charge in [0.25, 0.3) is 0 Å². The molecule has 0 bridgehead atoms. The van der Waals surface area contributed by atoms with Crippen molar-refractivity contribution in [1.29, 1.82) is 0 Å². The van der Waals surface area contributed by atoms with Crippen LogP contribution in [0.25, 0.3) is 11.5 Å². The average Bonchev–Trinajstić information content (AvgIpc) is 2.88. The maximum atomic E-state index is 9.78. The van der Waals surface area contributed by atoms with E-state index in [0.29, 0.717) is 5.89 Å². The largest absolute Gasteiger partial charge is 0.479 e. The molecule has 0 aliphatic carbocycles. The van der Waals surface area contributed by atoms with Gasteiger partial charge >= 0.3 is 5.95 Å². The van der Waals surface area contributed by atoms with Crippen LogP contribution in [0.3, 0.4) is 0 Å². The fourth-order valence-electron chi connectivity index (χ4n) is 1.69. The topological polar surface area (TPSA) is 71.5 Å². The molecule has 0 aliphatic rings. The lowest BCUT2D eigenvalue weighted by Gasteiger charge is -1.94. The molecule has 0 saturated carbocycles. The lowest BCUT2D eigenvalue weighted by Crippen LogP contribution is -1.82. The normalized spacial score (nSPS) is 11.1. The summed E-state index contributed by atoms with van der Waals surface area (Å²) in [5.74, 6) is 0.0851. The first-order valence-corrected chi connectivity index (χ1v) is 6.91. The van der Waals surface area contributed by atoms with Crippen molar-refractivity contribution < 1.29 is 9.52 Å². The van der Waals surface area contributed by atoms with Crippen LogP contribution >= 0.6 is 15.9 Å². The van der Waals surface area contributed by atoms with Gasteiger partial charge in [-0.25, -0.2) is 4.98 Å². The molecular weight excluding hydrogens is 334 g/mol. The Hall–Kier alpha value is -2.47. The zero-order valence-corrected chi connectivity index (χ0v) is 12.4. The monoisotopic (exact) mass is 343 g/mol. The Morgan fingerprint density at radius 3 is 2.52 bits per heavy atom. The Kier molecular flexibility index (Phi) is 3.79. The summed E-state index contributed by atoms with van der Waals surface area (Å²) in [5, 5.41) is 9.78. The predicted molar refractivity (Wildman–Crippen MR) is 82.8 cm³/mol. The highest BCUT2D eigenvalue weighted by atomic mass is 79.9. The zero-order valence-electron chi connectivity index (χ0n) is 10.8. The summed E-state index contributed by atoms with van der Waals surface area (Å²) < 4.78 is 6.21. The lowest BCUT2D eigenvalue weighted by atomic mass is 10.2. The minimum Gasteiger partial charge on any atom is -0.479 e. The molecule has 0 spiro atoms. The van der Waals surface area contributed by atoms with Crippen LogP contribution in [-0.2, 0) is 0 Å². The molecule has 2 heterocycles. The highest BCUT2D eigenvalue weighted by Gasteiger charge is 2.12. The van der Waals surface area contributed by atoms with Crippen molar-refractivity contribution in [2.45, 2.75) is 0 Å². The third kappa shape index (κ3) is 3.17. The summed E-state index contributed by atoms with van der Waals surface area (Å²) in [6.07, 6.45) is 4.74. The summed E-state index contributed by atoms with van der Waals surface area (Å²) in [7, 11) is 0. The van der Waals surface area contributed by atoms with E-state index in [1.54, 1.807) is 24.5 Å². The second kappa shape index (κ2) is 5.88. The van der Waals surface area contributed by atoms with Crippen LogP contribution in [0.2, 0.25) is 0 Å². The Labute approximate surface area is 129 Å². The van der Waals surface area contributed by atoms with Gasteiger partial charge < -0.3 is 9.52 Å². The van der Waals surface area contributed by atoms with E-state index in [4.69, 9.17) is 4.42 Å². The average molecular weight is 344 g/mol. The van der Waals surface area contributed by atoms with E-state index in [0.717, 1.165) is 15.7 Å². The zero-order chi connectivity index (χ0) is 14.7. The minimum absolute atomic E-state index is 0.259. The summed E-state index contributed by atoms with van der Waals surface area (Å²) in [6.45, 7) is 0. The molecule has 0 fully saturated rings. The van der Waals surface area contributed by atoms with E-state index in [9.17, 15) is 5.11 Å². The Morgan fingerprint density at radius 2 is 1.81 bits per heavy atom. The number of aromatic hydroxyl groups is 1. The van der Waals surface area contributed by atoms with Gasteiger partial charge in [-0.15, -0.1) is 0 Å². The van der Waals surface area contributed by atoms with Crippen LogP contribution < -0.4 is 0 Å². The maximum absolute atomic E-state index is 9.78. The molecule has 0 unspecified atom stereocenters. The van der Waals surface area contributed by atoms with Crippen LogP contribution in [0.4, 0.5) is 5.69 Å². The molecule has 21 heavy (non-hydrogen) atoms. The SMILES string of the molecule is Oc1oc(-c2ccc(Br)cc2)nc1C=Nc1ccncc1. The first kappa shape index (κ1) is 13.5. The number of rotatable bonds is 3. The second-order valence-electron chi connectivity index (χ2n) is 4.18. The molecule has 3 aromatic rings. The molecule has 0 atom stereocenters. The summed E-state index contributed by atoms with van der Waals surface area (Å²) in [6, 6.07) is 11.0. The van der Waals surface area contributed by atoms with Crippen molar-refractivity contribution in [2.24, 2.45) is 4.99 Å². The fraction of sp³-hybridized carbons (Fsp3) is 0. The molecule has 5 nitrogen and oxygen atoms in total. The molecule has 6 heteroatoms. The van der Waals surface area contributed by atoms with Crippen LogP contribution in [0.5, 0.6) is 5.95 Å². The van der Waals surface area contributed by atoms with Crippen LogP contribution in [-0.4, -0.2) is 21.3 Å².